The lowest BCUT2D eigenvalue weighted by molar-refractivity contribution is -0.165. The molecule has 22 heavy (non-hydrogen) atoms. The van der Waals surface area contributed by atoms with E-state index in [4.69, 9.17) is 19.4 Å². The highest BCUT2D eigenvalue weighted by molar-refractivity contribution is 7.58. The summed E-state index contributed by atoms with van der Waals surface area (Å²) in [6.07, 6.45) is 2.15. The van der Waals surface area contributed by atoms with Crippen LogP contribution in [-0.2, 0) is 9.53 Å². The molecule has 0 aliphatic rings. The Kier molecular flexibility index (Phi) is 7.49. The minimum absolute atomic E-state index is 0.00189. The first-order valence-corrected chi connectivity index (χ1v) is 9.77. The van der Waals surface area contributed by atoms with Crippen molar-refractivity contribution in [2.24, 2.45) is 16.2 Å². The van der Waals surface area contributed by atoms with Crippen molar-refractivity contribution in [3.05, 3.63) is 0 Å². The number of hydrogen-bond acceptors (Lipinski definition) is 5. The number of rotatable bonds is 9. The Labute approximate surface area is 135 Å². The van der Waals surface area contributed by atoms with E-state index in [9.17, 15) is 4.79 Å². The second-order valence-electron chi connectivity index (χ2n) is 7.82. The molecule has 0 heterocycles. The molecule has 0 radical (unpaired) electrons. The largest absolute Gasteiger partial charge is 0.461 e. The zero-order chi connectivity index (χ0) is 17.8. The van der Waals surface area contributed by atoms with Crippen LogP contribution in [0.5, 0.6) is 0 Å². The molecule has 0 aromatic rings. The maximum absolute atomic E-state index is 12.7. The van der Waals surface area contributed by atoms with E-state index in [1.54, 1.807) is 0 Å². The highest BCUT2D eigenvalue weighted by Crippen LogP contribution is 2.50. The van der Waals surface area contributed by atoms with Crippen LogP contribution in [0.15, 0.2) is 0 Å². The van der Waals surface area contributed by atoms with E-state index < -0.39 is 13.4 Å². The number of carbonyl (C=O) groups excluding carboxylic acids is 1. The average molecular weight is 337 g/mol. The molecule has 1 unspecified atom stereocenters. The van der Waals surface area contributed by atoms with Gasteiger partial charge in [-0.3, -0.25) is 4.79 Å². The molecule has 0 aliphatic heterocycles. The van der Waals surface area contributed by atoms with Gasteiger partial charge in [-0.25, -0.2) is 0 Å². The van der Waals surface area contributed by atoms with Crippen LogP contribution in [0, 0.1) is 16.2 Å². The standard InChI is InChI=1S/C16H34O5P/c1-8-14(3,4)12-16(7,15(5,6)9-2)13(17)21-10-11-22(18,19)20/h18-20H,8-12H2,1-7H3/q+1. The van der Waals surface area contributed by atoms with Gasteiger partial charge in [0.25, 0.3) is 0 Å². The lowest BCUT2D eigenvalue weighted by atomic mass is 9.58. The van der Waals surface area contributed by atoms with E-state index in [2.05, 4.69) is 41.5 Å². The van der Waals surface area contributed by atoms with E-state index in [0.717, 1.165) is 12.8 Å². The van der Waals surface area contributed by atoms with Gasteiger partial charge in [0, 0.05) is 0 Å². The smallest absolute Gasteiger partial charge is 0.407 e. The van der Waals surface area contributed by atoms with Gasteiger partial charge in [0.1, 0.15) is 6.61 Å². The summed E-state index contributed by atoms with van der Waals surface area (Å²) in [5, 5.41) is 0. The molecular formula is C16H34O5P+. The maximum Gasteiger partial charge on any atom is 0.407 e. The fourth-order valence-corrected chi connectivity index (χ4v) is 2.82. The Balaban J connectivity index is 5.21. The van der Waals surface area contributed by atoms with Crippen LogP contribution >= 0.6 is 7.94 Å². The SMILES string of the molecule is CCC(C)(C)CC(C)(C(=O)OCC[P+](O)(O)O)C(C)(C)CC. The molecule has 132 valence electrons. The third kappa shape index (κ3) is 6.11. The summed E-state index contributed by atoms with van der Waals surface area (Å²) in [6, 6.07) is 0. The van der Waals surface area contributed by atoms with Crippen LogP contribution in [0.4, 0.5) is 0 Å². The maximum atomic E-state index is 12.7. The van der Waals surface area contributed by atoms with Crippen LogP contribution in [-0.4, -0.2) is 33.4 Å². The Hall–Kier alpha value is -0.220. The quantitative estimate of drug-likeness (QED) is 0.442. The summed E-state index contributed by atoms with van der Waals surface area (Å²) in [7, 11) is -3.90. The molecule has 0 bridgehead atoms. The normalized spacial score (nSPS) is 16.3. The van der Waals surface area contributed by atoms with Gasteiger partial charge in [-0.05, 0) is 30.6 Å². The Morgan fingerprint density at radius 3 is 1.86 bits per heavy atom. The first-order valence-electron chi connectivity index (χ1n) is 7.94. The summed E-state index contributed by atoms with van der Waals surface area (Å²) in [4.78, 5) is 39.7. The van der Waals surface area contributed by atoms with Gasteiger partial charge in [-0.2, -0.15) is 14.7 Å². The molecule has 0 aromatic heterocycles. The summed E-state index contributed by atoms with van der Waals surface area (Å²) in [5.41, 5.74) is -0.926. The van der Waals surface area contributed by atoms with Gasteiger partial charge in [-0.15, -0.1) is 0 Å². The van der Waals surface area contributed by atoms with E-state index in [0.29, 0.717) is 6.42 Å². The average Bonchev–Trinajstić information content (AvgIpc) is 2.36. The second-order valence-corrected chi connectivity index (χ2v) is 9.65. The van der Waals surface area contributed by atoms with Crippen molar-refractivity contribution >= 4 is 13.9 Å². The number of ether oxygens (including phenoxy) is 1. The van der Waals surface area contributed by atoms with E-state index >= 15 is 0 Å². The number of carbonyl (C=O) groups is 1. The Morgan fingerprint density at radius 1 is 1.00 bits per heavy atom. The van der Waals surface area contributed by atoms with Gasteiger partial charge >= 0.3 is 13.9 Å². The molecule has 0 spiro atoms. The first kappa shape index (κ1) is 21.8. The molecule has 0 amide bonds. The number of esters is 1. The van der Waals surface area contributed by atoms with Crippen molar-refractivity contribution in [1.82, 2.24) is 0 Å². The van der Waals surface area contributed by atoms with Gasteiger partial charge in [0.05, 0.1) is 5.41 Å². The summed E-state index contributed by atoms with van der Waals surface area (Å²) in [6.45, 7) is 14.3. The fraction of sp³-hybridized carbons (Fsp3) is 0.938. The minimum Gasteiger partial charge on any atom is -0.461 e. The molecule has 0 saturated heterocycles. The molecule has 0 fully saturated rings. The van der Waals surface area contributed by atoms with Crippen molar-refractivity contribution in [2.75, 3.05) is 12.8 Å². The van der Waals surface area contributed by atoms with Crippen molar-refractivity contribution in [3.63, 3.8) is 0 Å². The predicted molar refractivity (Wildman–Crippen MR) is 90.3 cm³/mol. The van der Waals surface area contributed by atoms with Crippen LogP contribution in [0.25, 0.3) is 0 Å². The first-order chi connectivity index (χ1) is 9.71. The third-order valence-electron chi connectivity index (χ3n) is 5.24. The fourth-order valence-electron chi connectivity index (χ4n) is 2.48. The number of hydrogen-bond donors (Lipinski definition) is 3. The zero-order valence-electron chi connectivity index (χ0n) is 15.1. The Bertz CT molecular complexity index is 373. The Morgan fingerprint density at radius 2 is 1.50 bits per heavy atom. The van der Waals surface area contributed by atoms with Crippen LogP contribution < -0.4 is 0 Å². The van der Waals surface area contributed by atoms with Crippen LogP contribution in [0.3, 0.4) is 0 Å². The molecule has 0 saturated carbocycles. The molecule has 5 nitrogen and oxygen atoms in total. The summed E-state index contributed by atoms with van der Waals surface area (Å²) < 4.78 is 5.27. The third-order valence-corrected chi connectivity index (χ3v) is 6.02. The topological polar surface area (TPSA) is 87.0 Å². The lowest BCUT2D eigenvalue weighted by Gasteiger charge is -2.45. The van der Waals surface area contributed by atoms with Crippen molar-refractivity contribution in [3.8, 4) is 0 Å². The van der Waals surface area contributed by atoms with Gasteiger partial charge in [-0.1, -0.05) is 48.0 Å². The summed E-state index contributed by atoms with van der Waals surface area (Å²) >= 11 is 0. The zero-order valence-corrected chi connectivity index (χ0v) is 16.0. The summed E-state index contributed by atoms with van der Waals surface area (Å²) in [5.74, 6) is -0.339. The van der Waals surface area contributed by atoms with Gasteiger partial charge in [0.15, 0.2) is 6.16 Å². The highest BCUT2D eigenvalue weighted by Gasteiger charge is 2.50. The van der Waals surface area contributed by atoms with Crippen LogP contribution in [0.1, 0.15) is 67.7 Å². The lowest BCUT2D eigenvalue weighted by Crippen LogP contribution is -2.46. The molecule has 0 rings (SSSR count). The van der Waals surface area contributed by atoms with Gasteiger partial charge < -0.3 is 4.74 Å². The molecule has 3 N–H and O–H groups in total. The molecule has 0 aromatic carbocycles. The van der Waals surface area contributed by atoms with Crippen LogP contribution in [0.2, 0.25) is 0 Å². The monoisotopic (exact) mass is 337 g/mol. The van der Waals surface area contributed by atoms with E-state index in [-0.39, 0.29) is 29.6 Å². The van der Waals surface area contributed by atoms with E-state index in [1.165, 1.54) is 0 Å². The van der Waals surface area contributed by atoms with Gasteiger partial charge in [0.2, 0.25) is 0 Å². The van der Waals surface area contributed by atoms with Crippen molar-refractivity contribution in [1.29, 1.82) is 0 Å². The van der Waals surface area contributed by atoms with Crippen molar-refractivity contribution < 1.29 is 24.2 Å². The molecule has 6 heteroatoms. The predicted octanol–water partition coefficient (Wildman–Crippen LogP) is 3.54. The molecular weight excluding hydrogens is 303 g/mol. The minimum atomic E-state index is -3.90. The van der Waals surface area contributed by atoms with E-state index in [1.807, 2.05) is 6.92 Å². The molecule has 0 aliphatic carbocycles. The highest BCUT2D eigenvalue weighted by atomic mass is 31.2. The van der Waals surface area contributed by atoms with Crippen molar-refractivity contribution in [2.45, 2.75) is 67.7 Å². The molecule has 1 atom stereocenters. The second kappa shape index (κ2) is 7.57.